The average Bonchev–Trinajstić information content (AvgIpc) is 2.55. The minimum absolute atomic E-state index is 0.622. The van der Waals surface area contributed by atoms with Crippen LogP contribution in [0.15, 0.2) is 6.07 Å². The Hall–Kier alpha value is -1.03. The number of aromatic nitrogens is 2. The summed E-state index contributed by atoms with van der Waals surface area (Å²) in [6.45, 7) is 8.26. The number of nitrogens with one attached hydrogen (secondary N) is 1. The summed E-state index contributed by atoms with van der Waals surface area (Å²) in [5, 5.41) is 7.72. The maximum absolute atomic E-state index is 5.79. The quantitative estimate of drug-likeness (QED) is 0.765. The molecule has 0 bridgehead atoms. The molecule has 0 aliphatic rings. The van der Waals surface area contributed by atoms with Gasteiger partial charge in [-0.05, 0) is 38.1 Å². The molecule has 1 heterocycles. The summed E-state index contributed by atoms with van der Waals surface area (Å²) in [5.41, 5.74) is 6.84. The summed E-state index contributed by atoms with van der Waals surface area (Å²) in [5.74, 6) is 2.43. The molecule has 0 amide bonds. The molecule has 0 fully saturated rings. The lowest BCUT2D eigenvalue weighted by Gasteiger charge is -2.17. The molecule has 1 rings (SSSR count). The Morgan fingerprint density at radius 1 is 1.47 bits per heavy atom. The zero-order valence-corrected chi connectivity index (χ0v) is 11.5. The maximum Gasteiger partial charge on any atom is 0.124 e. The molecular formula is C13H26N4. The van der Waals surface area contributed by atoms with E-state index in [1.165, 1.54) is 6.42 Å². The zero-order chi connectivity index (χ0) is 12.8. The summed E-state index contributed by atoms with van der Waals surface area (Å²) < 4.78 is 1.88. The molecule has 4 nitrogen and oxygen atoms in total. The second kappa shape index (κ2) is 6.64. The van der Waals surface area contributed by atoms with Crippen LogP contribution >= 0.6 is 0 Å². The van der Waals surface area contributed by atoms with E-state index in [2.05, 4.69) is 30.3 Å². The van der Waals surface area contributed by atoms with Crippen LogP contribution < -0.4 is 11.1 Å². The van der Waals surface area contributed by atoms with E-state index in [1.807, 2.05) is 18.7 Å². The van der Waals surface area contributed by atoms with Crippen LogP contribution in [-0.4, -0.2) is 22.9 Å². The van der Waals surface area contributed by atoms with Gasteiger partial charge in [0.1, 0.15) is 5.82 Å². The van der Waals surface area contributed by atoms with Gasteiger partial charge in [-0.3, -0.25) is 4.68 Å². The Balaban J connectivity index is 2.33. The van der Waals surface area contributed by atoms with Gasteiger partial charge in [-0.15, -0.1) is 0 Å². The van der Waals surface area contributed by atoms with Gasteiger partial charge in [-0.25, -0.2) is 0 Å². The van der Waals surface area contributed by atoms with Gasteiger partial charge in [0.15, 0.2) is 0 Å². The minimum Gasteiger partial charge on any atom is -0.370 e. The summed E-state index contributed by atoms with van der Waals surface area (Å²) >= 11 is 0. The molecule has 0 spiro atoms. The monoisotopic (exact) mass is 238 g/mol. The Bertz CT molecular complexity index is 330. The van der Waals surface area contributed by atoms with Gasteiger partial charge in [-0.1, -0.05) is 13.8 Å². The molecule has 1 aromatic heterocycles. The average molecular weight is 238 g/mol. The van der Waals surface area contributed by atoms with E-state index >= 15 is 0 Å². The van der Waals surface area contributed by atoms with Gasteiger partial charge >= 0.3 is 0 Å². The number of hydrogen-bond acceptors (Lipinski definition) is 3. The first kappa shape index (κ1) is 14.0. The SMILES string of the molecule is Cc1cc(NCCC(CN)CC(C)C)n(C)n1. The molecule has 0 radical (unpaired) electrons. The third kappa shape index (κ3) is 4.77. The highest BCUT2D eigenvalue weighted by Crippen LogP contribution is 2.15. The maximum atomic E-state index is 5.79. The number of nitrogens with two attached hydrogens (primary N) is 1. The molecule has 17 heavy (non-hydrogen) atoms. The molecule has 1 atom stereocenters. The topological polar surface area (TPSA) is 55.9 Å². The molecular weight excluding hydrogens is 212 g/mol. The molecule has 0 saturated carbocycles. The molecule has 98 valence electrons. The van der Waals surface area contributed by atoms with Crippen molar-refractivity contribution < 1.29 is 0 Å². The Labute approximate surface area is 105 Å². The van der Waals surface area contributed by atoms with Crippen molar-refractivity contribution in [2.45, 2.75) is 33.6 Å². The van der Waals surface area contributed by atoms with E-state index in [0.717, 1.165) is 36.9 Å². The van der Waals surface area contributed by atoms with E-state index in [0.29, 0.717) is 5.92 Å². The highest BCUT2D eigenvalue weighted by atomic mass is 15.3. The lowest BCUT2D eigenvalue weighted by molar-refractivity contribution is 0.401. The summed E-state index contributed by atoms with van der Waals surface area (Å²) in [4.78, 5) is 0. The Morgan fingerprint density at radius 2 is 2.18 bits per heavy atom. The van der Waals surface area contributed by atoms with Crippen LogP contribution in [0.5, 0.6) is 0 Å². The fourth-order valence-corrected chi connectivity index (χ4v) is 2.18. The smallest absolute Gasteiger partial charge is 0.124 e. The van der Waals surface area contributed by atoms with Crippen LogP contribution in [0.2, 0.25) is 0 Å². The second-order valence-corrected chi connectivity index (χ2v) is 5.24. The van der Waals surface area contributed by atoms with Crippen molar-refractivity contribution >= 4 is 5.82 Å². The van der Waals surface area contributed by atoms with Crippen molar-refractivity contribution in [1.82, 2.24) is 9.78 Å². The van der Waals surface area contributed by atoms with E-state index < -0.39 is 0 Å². The van der Waals surface area contributed by atoms with Crippen molar-refractivity contribution in [3.8, 4) is 0 Å². The minimum atomic E-state index is 0.622. The normalized spacial score (nSPS) is 13.1. The standard InChI is InChI=1S/C13H26N4/c1-10(2)7-12(9-14)5-6-15-13-8-11(3)16-17(13)4/h8,10,12,15H,5-7,9,14H2,1-4H3. The van der Waals surface area contributed by atoms with Crippen molar-refractivity contribution in [2.24, 2.45) is 24.6 Å². The fourth-order valence-electron chi connectivity index (χ4n) is 2.18. The third-order valence-corrected chi connectivity index (χ3v) is 3.00. The molecule has 1 unspecified atom stereocenters. The van der Waals surface area contributed by atoms with E-state index in [-0.39, 0.29) is 0 Å². The Kier molecular flexibility index (Phi) is 5.48. The molecule has 0 saturated heterocycles. The Morgan fingerprint density at radius 3 is 2.65 bits per heavy atom. The van der Waals surface area contributed by atoms with Gasteiger partial charge in [0, 0.05) is 19.7 Å². The summed E-state index contributed by atoms with van der Waals surface area (Å²) in [7, 11) is 1.96. The highest BCUT2D eigenvalue weighted by Gasteiger charge is 2.09. The number of nitrogens with zero attached hydrogens (tertiary/aromatic N) is 2. The zero-order valence-electron chi connectivity index (χ0n) is 11.5. The van der Waals surface area contributed by atoms with Gasteiger partial charge < -0.3 is 11.1 Å². The first-order chi connectivity index (χ1) is 8.02. The van der Waals surface area contributed by atoms with E-state index in [9.17, 15) is 0 Å². The van der Waals surface area contributed by atoms with Gasteiger partial charge in [0.05, 0.1) is 5.69 Å². The van der Waals surface area contributed by atoms with Crippen molar-refractivity contribution in [3.63, 3.8) is 0 Å². The molecule has 0 aliphatic heterocycles. The number of anilines is 1. The van der Waals surface area contributed by atoms with Crippen LogP contribution in [-0.2, 0) is 7.05 Å². The van der Waals surface area contributed by atoms with Gasteiger partial charge in [0.2, 0.25) is 0 Å². The molecule has 0 aromatic carbocycles. The summed E-state index contributed by atoms with van der Waals surface area (Å²) in [6.07, 6.45) is 2.33. The number of aryl methyl sites for hydroxylation is 2. The fraction of sp³-hybridized carbons (Fsp3) is 0.769. The van der Waals surface area contributed by atoms with Crippen LogP contribution in [0.4, 0.5) is 5.82 Å². The van der Waals surface area contributed by atoms with E-state index in [4.69, 9.17) is 5.73 Å². The predicted molar refractivity (Wildman–Crippen MR) is 73.1 cm³/mol. The first-order valence-electron chi connectivity index (χ1n) is 6.47. The molecule has 1 aromatic rings. The van der Waals surface area contributed by atoms with Crippen LogP contribution in [0.1, 0.15) is 32.4 Å². The second-order valence-electron chi connectivity index (χ2n) is 5.24. The molecule has 3 N–H and O–H groups in total. The van der Waals surface area contributed by atoms with E-state index in [1.54, 1.807) is 0 Å². The largest absolute Gasteiger partial charge is 0.370 e. The third-order valence-electron chi connectivity index (χ3n) is 3.00. The first-order valence-corrected chi connectivity index (χ1v) is 6.47. The van der Waals surface area contributed by atoms with Crippen molar-refractivity contribution in [3.05, 3.63) is 11.8 Å². The van der Waals surface area contributed by atoms with Gasteiger partial charge in [-0.2, -0.15) is 5.10 Å². The molecule has 0 aliphatic carbocycles. The van der Waals surface area contributed by atoms with Crippen molar-refractivity contribution in [2.75, 3.05) is 18.4 Å². The predicted octanol–water partition coefficient (Wildman–Crippen LogP) is 2.15. The summed E-state index contributed by atoms with van der Waals surface area (Å²) in [6, 6.07) is 2.07. The highest BCUT2D eigenvalue weighted by molar-refractivity contribution is 5.36. The van der Waals surface area contributed by atoms with Crippen LogP contribution in [0.3, 0.4) is 0 Å². The lowest BCUT2D eigenvalue weighted by atomic mass is 9.94. The number of hydrogen-bond donors (Lipinski definition) is 2. The molecule has 4 heteroatoms. The lowest BCUT2D eigenvalue weighted by Crippen LogP contribution is -2.20. The van der Waals surface area contributed by atoms with Crippen molar-refractivity contribution in [1.29, 1.82) is 0 Å². The van der Waals surface area contributed by atoms with Crippen LogP contribution in [0, 0.1) is 18.8 Å². The number of rotatable bonds is 7. The van der Waals surface area contributed by atoms with Crippen LogP contribution in [0.25, 0.3) is 0 Å². The van der Waals surface area contributed by atoms with Gasteiger partial charge in [0.25, 0.3) is 0 Å².